The smallest absolute Gasteiger partial charge is 0.240 e. The molecule has 1 heterocycles. The molecule has 1 aromatic carbocycles. The van der Waals surface area contributed by atoms with Gasteiger partial charge in [-0.2, -0.15) is 11.8 Å². The van der Waals surface area contributed by atoms with Gasteiger partial charge in [-0.25, -0.2) is 17.5 Å². The Morgan fingerprint density at radius 1 is 1.39 bits per heavy atom. The van der Waals surface area contributed by atoms with Crippen LogP contribution < -0.4 is 4.72 Å². The van der Waals surface area contributed by atoms with Gasteiger partial charge in [-0.1, -0.05) is 0 Å². The maximum Gasteiger partial charge on any atom is 0.240 e. The number of aryl methyl sites for hydroxylation is 1. The molecule has 0 saturated carbocycles. The third kappa shape index (κ3) is 4.90. The van der Waals surface area contributed by atoms with Crippen molar-refractivity contribution >= 4 is 21.8 Å². The molecule has 5 nitrogen and oxygen atoms in total. The number of hydrogen-bond donors (Lipinski definition) is 2. The normalized spacial score (nSPS) is 18.0. The van der Waals surface area contributed by atoms with Gasteiger partial charge in [0, 0.05) is 6.54 Å². The molecule has 1 saturated heterocycles. The first kappa shape index (κ1) is 18.7. The van der Waals surface area contributed by atoms with Crippen LogP contribution in [0.2, 0.25) is 0 Å². The van der Waals surface area contributed by atoms with Crippen molar-refractivity contribution in [1.82, 2.24) is 4.72 Å². The van der Waals surface area contributed by atoms with Crippen molar-refractivity contribution in [3.8, 4) is 0 Å². The van der Waals surface area contributed by atoms with E-state index in [0.29, 0.717) is 5.56 Å². The molecular weight excluding hydrogens is 341 g/mol. The molecule has 23 heavy (non-hydrogen) atoms. The fourth-order valence-corrected chi connectivity index (χ4v) is 5.17. The van der Waals surface area contributed by atoms with Crippen LogP contribution in [0.1, 0.15) is 18.4 Å². The zero-order chi connectivity index (χ0) is 16.9. The molecule has 8 heteroatoms. The molecule has 0 radical (unpaired) electrons. The monoisotopic (exact) mass is 363 g/mol. The van der Waals surface area contributed by atoms with E-state index in [9.17, 15) is 12.8 Å². The van der Waals surface area contributed by atoms with Gasteiger partial charge in [0.2, 0.25) is 10.0 Å². The molecular formula is C15H22FNO4S2. The Balaban J connectivity index is 2.12. The van der Waals surface area contributed by atoms with E-state index in [0.717, 1.165) is 30.4 Å². The van der Waals surface area contributed by atoms with Crippen molar-refractivity contribution < 1.29 is 22.7 Å². The molecule has 0 amide bonds. The van der Waals surface area contributed by atoms with Crippen molar-refractivity contribution in [1.29, 1.82) is 0 Å². The topological polar surface area (TPSA) is 75.6 Å². The van der Waals surface area contributed by atoms with Crippen LogP contribution >= 0.6 is 11.8 Å². The van der Waals surface area contributed by atoms with Crippen LogP contribution in [0.5, 0.6) is 0 Å². The second-order valence-electron chi connectivity index (χ2n) is 5.60. The highest BCUT2D eigenvalue weighted by Crippen LogP contribution is 2.30. The second kappa shape index (κ2) is 7.94. The van der Waals surface area contributed by atoms with E-state index < -0.39 is 21.4 Å². The van der Waals surface area contributed by atoms with Gasteiger partial charge < -0.3 is 9.84 Å². The third-order valence-electron chi connectivity index (χ3n) is 3.91. The Morgan fingerprint density at radius 3 is 2.70 bits per heavy atom. The first-order chi connectivity index (χ1) is 10.9. The van der Waals surface area contributed by atoms with Crippen LogP contribution in [0.4, 0.5) is 4.39 Å². The summed E-state index contributed by atoms with van der Waals surface area (Å²) >= 11 is 1.80. The zero-order valence-electron chi connectivity index (χ0n) is 13.0. The first-order valence-electron chi connectivity index (χ1n) is 7.47. The van der Waals surface area contributed by atoms with Gasteiger partial charge in [-0.15, -0.1) is 0 Å². The number of thioether (sulfide) groups is 1. The molecule has 1 aliphatic heterocycles. The maximum atomic E-state index is 13.2. The number of rotatable bonds is 7. The highest BCUT2D eigenvalue weighted by Gasteiger charge is 2.34. The lowest BCUT2D eigenvalue weighted by atomic mass is 9.97. The lowest BCUT2D eigenvalue weighted by Gasteiger charge is -2.37. The summed E-state index contributed by atoms with van der Waals surface area (Å²) in [5.74, 6) is 1.32. The second-order valence-corrected chi connectivity index (χ2v) is 8.56. The molecule has 0 unspecified atom stereocenters. The van der Waals surface area contributed by atoms with Crippen LogP contribution in [0, 0.1) is 12.7 Å². The van der Waals surface area contributed by atoms with E-state index in [4.69, 9.17) is 9.84 Å². The van der Waals surface area contributed by atoms with E-state index >= 15 is 0 Å². The molecule has 0 atom stereocenters. The van der Waals surface area contributed by atoms with Gasteiger partial charge in [-0.05, 0) is 55.0 Å². The van der Waals surface area contributed by atoms with Crippen molar-refractivity contribution in [2.24, 2.45) is 0 Å². The molecule has 1 aliphatic rings. The van der Waals surface area contributed by atoms with E-state index in [-0.39, 0.29) is 24.7 Å². The number of aliphatic hydroxyl groups excluding tert-OH is 1. The molecule has 0 aromatic heterocycles. The summed E-state index contributed by atoms with van der Waals surface area (Å²) in [6.07, 6.45) is 1.45. The van der Waals surface area contributed by atoms with Crippen LogP contribution in [-0.2, 0) is 14.8 Å². The minimum Gasteiger partial charge on any atom is -0.394 e. The van der Waals surface area contributed by atoms with Crippen molar-refractivity contribution in [3.63, 3.8) is 0 Å². The van der Waals surface area contributed by atoms with Crippen molar-refractivity contribution in [2.45, 2.75) is 30.3 Å². The lowest BCUT2D eigenvalue weighted by Crippen LogP contribution is -2.48. The molecule has 130 valence electrons. The Bertz CT molecular complexity index is 630. The van der Waals surface area contributed by atoms with Crippen LogP contribution in [0.25, 0.3) is 0 Å². The fourth-order valence-electron chi connectivity index (χ4n) is 2.60. The van der Waals surface area contributed by atoms with Gasteiger partial charge in [0.25, 0.3) is 0 Å². The number of sulfonamides is 1. The number of halogens is 1. The average molecular weight is 363 g/mol. The third-order valence-corrected chi connectivity index (χ3v) is 6.46. The Labute approximate surface area is 140 Å². The number of nitrogens with one attached hydrogen (secondary N) is 1. The van der Waals surface area contributed by atoms with Gasteiger partial charge in [0.1, 0.15) is 5.82 Å². The highest BCUT2D eigenvalue weighted by atomic mass is 32.2. The van der Waals surface area contributed by atoms with E-state index in [2.05, 4.69) is 4.72 Å². The predicted molar refractivity (Wildman–Crippen MR) is 88.7 cm³/mol. The number of benzene rings is 1. The summed E-state index contributed by atoms with van der Waals surface area (Å²) in [6, 6.07) is 3.60. The van der Waals surface area contributed by atoms with E-state index in [1.165, 1.54) is 12.1 Å². The largest absolute Gasteiger partial charge is 0.394 e. The molecule has 2 rings (SSSR count). The zero-order valence-corrected chi connectivity index (χ0v) is 14.7. The van der Waals surface area contributed by atoms with Crippen LogP contribution in [0.15, 0.2) is 23.1 Å². The standard InChI is InChI=1S/C15H22FNO4S2/c1-12-10-13(16)2-3-14(12)23(19,20)17-11-15(21-7-6-18)4-8-22-9-5-15/h2-3,10,17-18H,4-9,11H2,1H3. The summed E-state index contributed by atoms with van der Waals surface area (Å²) in [7, 11) is -3.74. The van der Waals surface area contributed by atoms with Crippen molar-refractivity contribution in [3.05, 3.63) is 29.6 Å². The maximum absolute atomic E-state index is 13.2. The minimum absolute atomic E-state index is 0.0707. The molecule has 2 N–H and O–H groups in total. The average Bonchev–Trinajstić information content (AvgIpc) is 2.52. The Hall–Kier alpha value is -0.670. The Morgan fingerprint density at radius 2 is 2.09 bits per heavy atom. The number of aliphatic hydroxyl groups is 1. The molecule has 0 aliphatic carbocycles. The summed E-state index contributed by atoms with van der Waals surface area (Å²) < 4.78 is 46.4. The SMILES string of the molecule is Cc1cc(F)ccc1S(=O)(=O)NCC1(OCCO)CCSCC1. The summed E-state index contributed by atoms with van der Waals surface area (Å²) in [5, 5.41) is 8.98. The quantitative estimate of drug-likeness (QED) is 0.771. The predicted octanol–water partition coefficient (Wildman–Crippen LogP) is 1.69. The lowest BCUT2D eigenvalue weighted by molar-refractivity contribution is -0.0591. The van der Waals surface area contributed by atoms with Crippen molar-refractivity contribution in [2.75, 3.05) is 31.3 Å². The highest BCUT2D eigenvalue weighted by molar-refractivity contribution is 7.99. The van der Waals surface area contributed by atoms with Gasteiger partial charge in [0.05, 0.1) is 23.7 Å². The molecule has 1 aromatic rings. The molecule has 0 bridgehead atoms. The minimum atomic E-state index is -3.74. The summed E-state index contributed by atoms with van der Waals surface area (Å²) in [6.45, 7) is 1.79. The van der Waals surface area contributed by atoms with E-state index in [1.54, 1.807) is 18.7 Å². The Kier molecular flexibility index (Phi) is 6.44. The van der Waals surface area contributed by atoms with Gasteiger partial charge in [0.15, 0.2) is 0 Å². The van der Waals surface area contributed by atoms with Gasteiger partial charge in [-0.3, -0.25) is 0 Å². The van der Waals surface area contributed by atoms with Crippen LogP contribution in [0.3, 0.4) is 0 Å². The number of ether oxygens (including phenoxy) is 1. The van der Waals surface area contributed by atoms with E-state index in [1.807, 2.05) is 0 Å². The number of hydrogen-bond acceptors (Lipinski definition) is 5. The van der Waals surface area contributed by atoms with Gasteiger partial charge >= 0.3 is 0 Å². The summed E-state index contributed by atoms with van der Waals surface area (Å²) in [5.41, 5.74) is -0.225. The fraction of sp³-hybridized carbons (Fsp3) is 0.600. The summed E-state index contributed by atoms with van der Waals surface area (Å²) in [4.78, 5) is 0.0707. The first-order valence-corrected chi connectivity index (χ1v) is 10.1. The molecule has 1 fully saturated rings. The molecule has 0 spiro atoms. The van der Waals surface area contributed by atoms with Crippen LogP contribution in [-0.4, -0.2) is 50.4 Å².